The quantitative estimate of drug-likeness (QED) is 0.780. The van der Waals surface area contributed by atoms with Gasteiger partial charge in [-0.1, -0.05) is 43.7 Å². The average Bonchev–Trinajstić information content (AvgIpc) is 2.39. The molecule has 3 nitrogen and oxygen atoms in total. The average molecular weight is 249 g/mol. The van der Waals surface area contributed by atoms with Gasteiger partial charge in [-0.15, -0.1) is 0 Å². The highest BCUT2D eigenvalue weighted by atomic mass is 16.3. The van der Waals surface area contributed by atoms with Crippen molar-refractivity contribution in [1.29, 1.82) is 0 Å². The Bertz CT molecular complexity index is 351. The van der Waals surface area contributed by atoms with Gasteiger partial charge in [0.15, 0.2) is 0 Å². The highest BCUT2D eigenvalue weighted by molar-refractivity contribution is 5.76. The van der Waals surface area contributed by atoms with Gasteiger partial charge in [-0.2, -0.15) is 0 Å². The number of hydrogen-bond donors (Lipinski definition) is 2. The zero-order valence-corrected chi connectivity index (χ0v) is 11.2. The molecule has 0 bridgehead atoms. The third kappa shape index (κ3) is 4.88. The molecule has 0 aliphatic rings. The summed E-state index contributed by atoms with van der Waals surface area (Å²) in [5, 5.41) is 12.1. The van der Waals surface area contributed by atoms with Crippen molar-refractivity contribution in [3.63, 3.8) is 0 Å². The standard InChI is InChI=1S/C15H23NO2/c1-3-7-13(11-17)10-15(18)16-12(2)14-8-5-4-6-9-14/h4-6,8-9,12-13,17H,3,7,10-11H2,1-2H3,(H,16,18)/t12-,13+/m0/s1. The third-order valence-electron chi connectivity index (χ3n) is 3.11. The molecule has 0 saturated carbocycles. The lowest BCUT2D eigenvalue weighted by atomic mass is 10.00. The van der Waals surface area contributed by atoms with Crippen LogP contribution in [0.4, 0.5) is 0 Å². The predicted molar refractivity (Wildman–Crippen MR) is 73.1 cm³/mol. The van der Waals surface area contributed by atoms with Crippen LogP contribution >= 0.6 is 0 Å². The number of benzene rings is 1. The number of carbonyl (C=O) groups excluding carboxylic acids is 1. The molecule has 1 aromatic rings. The summed E-state index contributed by atoms with van der Waals surface area (Å²) in [7, 11) is 0. The van der Waals surface area contributed by atoms with Crippen LogP contribution in [-0.2, 0) is 4.79 Å². The van der Waals surface area contributed by atoms with E-state index in [4.69, 9.17) is 0 Å². The van der Waals surface area contributed by atoms with Gasteiger partial charge in [0, 0.05) is 13.0 Å². The summed E-state index contributed by atoms with van der Waals surface area (Å²) >= 11 is 0. The van der Waals surface area contributed by atoms with E-state index in [1.54, 1.807) is 0 Å². The Labute approximate surface area is 109 Å². The molecule has 18 heavy (non-hydrogen) atoms. The second-order valence-corrected chi connectivity index (χ2v) is 4.74. The van der Waals surface area contributed by atoms with Gasteiger partial charge in [0.05, 0.1) is 6.04 Å². The molecule has 2 N–H and O–H groups in total. The Morgan fingerprint density at radius 3 is 2.56 bits per heavy atom. The molecule has 0 aliphatic carbocycles. The van der Waals surface area contributed by atoms with Crippen molar-refractivity contribution in [3.05, 3.63) is 35.9 Å². The van der Waals surface area contributed by atoms with Gasteiger partial charge in [0.2, 0.25) is 5.91 Å². The van der Waals surface area contributed by atoms with E-state index in [0.29, 0.717) is 6.42 Å². The highest BCUT2D eigenvalue weighted by Crippen LogP contribution is 2.14. The van der Waals surface area contributed by atoms with Gasteiger partial charge < -0.3 is 10.4 Å². The fraction of sp³-hybridized carbons (Fsp3) is 0.533. The summed E-state index contributed by atoms with van der Waals surface area (Å²) < 4.78 is 0. The third-order valence-corrected chi connectivity index (χ3v) is 3.11. The van der Waals surface area contributed by atoms with Crippen molar-refractivity contribution >= 4 is 5.91 Å². The van der Waals surface area contributed by atoms with Crippen LogP contribution in [0.2, 0.25) is 0 Å². The van der Waals surface area contributed by atoms with Crippen molar-refractivity contribution in [2.24, 2.45) is 5.92 Å². The first-order valence-electron chi connectivity index (χ1n) is 6.62. The van der Waals surface area contributed by atoms with E-state index < -0.39 is 0 Å². The van der Waals surface area contributed by atoms with E-state index in [1.165, 1.54) is 0 Å². The van der Waals surface area contributed by atoms with Crippen molar-refractivity contribution in [3.8, 4) is 0 Å². The second kappa shape index (κ2) is 7.88. The Kier molecular flexibility index (Phi) is 6.44. The smallest absolute Gasteiger partial charge is 0.220 e. The van der Waals surface area contributed by atoms with E-state index in [9.17, 15) is 9.90 Å². The van der Waals surface area contributed by atoms with Crippen LogP contribution in [0.5, 0.6) is 0 Å². The molecule has 0 fully saturated rings. The Hall–Kier alpha value is -1.35. The molecule has 0 heterocycles. The number of hydrogen-bond acceptors (Lipinski definition) is 2. The summed E-state index contributed by atoms with van der Waals surface area (Å²) in [5.41, 5.74) is 1.10. The minimum Gasteiger partial charge on any atom is -0.396 e. The van der Waals surface area contributed by atoms with Gasteiger partial charge in [-0.05, 0) is 24.8 Å². The number of aliphatic hydroxyl groups is 1. The van der Waals surface area contributed by atoms with Gasteiger partial charge in [-0.25, -0.2) is 0 Å². The zero-order chi connectivity index (χ0) is 13.4. The monoisotopic (exact) mass is 249 g/mol. The van der Waals surface area contributed by atoms with E-state index >= 15 is 0 Å². The fourth-order valence-corrected chi connectivity index (χ4v) is 2.05. The molecule has 1 aromatic carbocycles. The number of aliphatic hydroxyl groups excluding tert-OH is 1. The van der Waals surface area contributed by atoms with Gasteiger partial charge in [0.25, 0.3) is 0 Å². The van der Waals surface area contributed by atoms with Crippen molar-refractivity contribution in [2.45, 2.75) is 39.2 Å². The molecule has 3 heteroatoms. The number of nitrogens with one attached hydrogen (secondary N) is 1. The maximum Gasteiger partial charge on any atom is 0.220 e. The Morgan fingerprint density at radius 1 is 1.33 bits per heavy atom. The van der Waals surface area contributed by atoms with Crippen LogP contribution in [-0.4, -0.2) is 17.6 Å². The molecule has 0 aliphatic heterocycles. The Morgan fingerprint density at radius 2 is 2.00 bits per heavy atom. The van der Waals surface area contributed by atoms with Crippen molar-refractivity contribution < 1.29 is 9.90 Å². The van der Waals surface area contributed by atoms with Gasteiger partial charge in [0.1, 0.15) is 0 Å². The molecular weight excluding hydrogens is 226 g/mol. The lowest BCUT2D eigenvalue weighted by Crippen LogP contribution is -2.29. The summed E-state index contributed by atoms with van der Waals surface area (Å²) in [5.74, 6) is 0.0943. The number of amides is 1. The molecule has 0 unspecified atom stereocenters. The summed E-state index contributed by atoms with van der Waals surface area (Å²) in [6.45, 7) is 4.12. The number of carbonyl (C=O) groups is 1. The van der Waals surface area contributed by atoms with Crippen LogP contribution in [0.25, 0.3) is 0 Å². The van der Waals surface area contributed by atoms with Crippen molar-refractivity contribution in [2.75, 3.05) is 6.61 Å². The second-order valence-electron chi connectivity index (χ2n) is 4.74. The first kappa shape index (κ1) is 14.7. The van der Waals surface area contributed by atoms with E-state index in [2.05, 4.69) is 12.2 Å². The molecule has 1 rings (SSSR count). The Balaban J connectivity index is 2.44. The molecule has 100 valence electrons. The summed E-state index contributed by atoms with van der Waals surface area (Å²) in [6, 6.07) is 9.90. The summed E-state index contributed by atoms with van der Waals surface area (Å²) in [4.78, 5) is 11.8. The largest absolute Gasteiger partial charge is 0.396 e. The van der Waals surface area contributed by atoms with Crippen LogP contribution in [0.15, 0.2) is 30.3 Å². The lowest BCUT2D eigenvalue weighted by Gasteiger charge is -2.17. The molecule has 0 saturated heterocycles. The maximum atomic E-state index is 11.8. The van der Waals surface area contributed by atoms with Crippen LogP contribution < -0.4 is 5.32 Å². The van der Waals surface area contributed by atoms with E-state index in [0.717, 1.165) is 18.4 Å². The fourth-order valence-electron chi connectivity index (χ4n) is 2.05. The first-order valence-corrected chi connectivity index (χ1v) is 6.62. The highest BCUT2D eigenvalue weighted by Gasteiger charge is 2.14. The predicted octanol–water partition coefficient (Wildman–Crippen LogP) is 2.66. The molecular formula is C15H23NO2. The van der Waals surface area contributed by atoms with Crippen LogP contribution in [0, 0.1) is 5.92 Å². The SMILES string of the molecule is CCC[C@@H](CO)CC(=O)N[C@@H](C)c1ccccc1. The zero-order valence-electron chi connectivity index (χ0n) is 11.2. The first-order chi connectivity index (χ1) is 8.67. The van der Waals surface area contributed by atoms with Crippen molar-refractivity contribution in [1.82, 2.24) is 5.32 Å². The lowest BCUT2D eigenvalue weighted by molar-refractivity contribution is -0.123. The molecule has 1 amide bonds. The minimum absolute atomic E-state index is 0.0128. The maximum absolute atomic E-state index is 11.8. The van der Waals surface area contributed by atoms with E-state index in [1.807, 2.05) is 37.3 Å². The van der Waals surface area contributed by atoms with Gasteiger partial charge in [-0.3, -0.25) is 4.79 Å². The minimum atomic E-state index is 0.0128. The molecule has 2 atom stereocenters. The van der Waals surface area contributed by atoms with Crippen LogP contribution in [0.1, 0.15) is 44.7 Å². The molecule has 0 radical (unpaired) electrons. The number of rotatable bonds is 7. The summed E-state index contributed by atoms with van der Waals surface area (Å²) in [6.07, 6.45) is 2.29. The normalized spacial score (nSPS) is 13.9. The molecule has 0 aromatic heterocycles. The van der Waals surface area contributed by atoms with E-state index in [-0.39, 0.29) is 24.5 Å². The topological polar surface area (TPSA) is 49.3 Å². The van der Waals surface area contributed by atoms with Crippen LogP contribution in [0.3, 0.4) is 0 Å². The van der Waals surface area contributed by atoms with Gasteiger partial charge >= 0.3 is 0 Å². The molecule has 0 spiro atoms.